The normalized spacial score (nSPS) is 15.8. The largest absolute Gasteiger partial charge is 0.395 e. The Labute approximate surface area is 141 Å². The number of β-amino-alcohol motifs (C(OH)–C–C–N with tert-alkyl or cyclic N) is 1. The van der Waals surface area contributed by atoms with Crippen LogP contribution in [0.5, 0.6) is 0 Å². The van der Waals surface area contributed by atoms with Crippen molar-refractivity contribution in [2.45, 2.75) is 20.3 Å². The molecule has 0 spiro atoms. The molecule has 1 aromatic heterocycles. The number of aliphatic hydroxyl groups excluding tert-OH is 1. The summed E-state index contributed by atoms with van der Waals surface area (Å²) in [5.41, 5.74) is -0.0585. The number of piperazine rings is 1. The third-order valence-corrected chi connectivity index (χ3v) is 4.09. The summed E-state index contributed by atoms with van der Waals surface area (Å²) in [4.78, 5) is 23.4. The maximum absolute atomic E-state index is 11.6. The Kier molecular flexibility index (Phi) is 6.68. The van der Waals surface area contributed by atoms with Gasteiger partial charge >= 0.3 is 5.69 Å². The molecule has 2 N–H and O–H groups in total. The monoisotopic (exact) mass is 338 g/mol. The third kappa shape index (κ3) is 4.75. The first kappa shape index (κ1) is 18.3. The van der Waals surface area contributed by atoms with E-state index in [1.165, 1.54) is 6.33 Å². The van der Waals surface area contributed by atoms with Crippen molar-refractivity contribution < 1.29 is 10.0 Å². The lowest BCUT2D eigenvalue weighted by Crippen LogP contribution is -2.47. The van der Waals surface area contributed by atoms with Crippen LogP contribution in [0.15, 0.2) is 6.33 Å². The minimum atomic E-state index is -0.410. The molecular formula is C15H26N6O3. The van der Waals surface area contributed by atoms with Gasteiger partial charge in [0.1, 0.15) is 6.33 Å². The van der Waals surface area contributed by atoms with E-state index in [4.69, 9.17) is 5.11 Å². The Hall–Kier alpha value is -2.00. The summed E-state index contributed by atoms with van der Waals surface area (Å²) in [6.45, 7) is 8.38. The Bertz CT molecular complexity index is 546. The zero-order valence-electron chi connectivity index (χ0n) is 14.3. The molecule has 0 amide bonds. The van der Waals surface area contributed by atoms with Crippen LogP contribution in [0.25, 0.3) is 0 Å². The summed E-state index contributed by atoms with van der Waals surface area (Å²) in [6, 6.07) is 0. The fourth-order valence-corrected chi connectivity index (χ4v) is 2.70. The lowest BCUT2D eigenvalue weighted by Gasteiger charge is -2.34. The van der Waals surface area contributed by atoms with Crippen molar-refractivity contribution in [1.29, 1.82) is 0 Å². The van der Waals surface area contributed by atoms with Crippen LogP contribution in [-0.2, 0) is 0 Å². The molecule has 1 saturated heterocycles. The van der Waals surface area contributed by atoms with Gasteiger partial charge in [0.2, 0.25) is 11.6 Å². The molecule has 0 atom stereocenters. The lowest BCUT2D eigenvalue weighted by molar-refractivity contribution is -0.383. The first-order valence-corrected chi connectivity index (χ1v) is 8.34. The zero-order valence-corrected chi connectivity index (χ0v) is 14.3. The van der Waals surface area contributed by atoms with Gasteiger partial charge in [0, 0.05) is 39.3 Å². The SMILES string of the molecule is CC(C)CCNc1ncnc(N2CCN(CCO)CC2)c1[N+](=O)[O-]. The van der Waals surface area contributed by atoms with Crippen molar-refractivity contribution >= 4 is 17.3 Å². The van der Waals surface area contributed by atoms with Gasteiger partial charge in [-0.15, -0.1) is 0 Å². The molecule has 2 heterocycles. The molecule has 134 valence electrons. The minimum Gasteiger partial charge on any atom is -0.395 e. The predicted octanol–water partition coefficient (Wildman–Crippen LogP) is 0.957. The smallest absolute Gasteiger partial charge is 0.353 e. The van der Waals surface area contributed by atoms with Gasteiger partial charge in [-0.2, -0.15) is 0 Å². The van der Waals surface area contributed by atoms with Crippen LogP contribution in [0, 0.1) is 16.0 Å². The lowest BCUT2D eigenvalue weighted by atomic mass is 10.1. The molecule has 24 heavy (non-hydrogen) atoms. The number of hydrogen-bond acceptors (Lipinski definition) is 8. The maximum Gasteiger partial charge on any atom is 0.353 e. The number of aromatic nitrogens is 2. The number of rotatable bonds is 8. The highest BCUT2D eigenvalue weighted by Gasteiger charge is 2.29. The van der Waals surface area contributed by atoms with Crippen molar-refractivity contribution in [3.05, 3.63) is 16.4 Å². The van der Waals surface area contributed by atoms with E-state index in [0.29, 0.717) is 37.9 Å². The quantitative estimate of drug-likeness (QED) is 0.533. The maximum atomic E-state index is 11.6. The van der Waals surface area contributed by atoms with Gasteiger partial charge in [-0.05, 0) is 12.3 Å². The standard InChI is InChI=1S/C15H26N6O3/c1-12(2)3-4-16-14-13(21(23)24)15(18-11-17-14)20-7-5-19(6-8-20)9-10-22/h11-12,22H,3-10H2,1-2H3,(H,16,17,18). The summed E-state index contributed by atoms with van der Waals surface area (Å²) in [5, 5.41) is 23.6. The fourth-order valence-electron chi connectivity index (χ4n) is 2.70. The molecule has 0 radical (unpaired) electrons. The molecule has 9 nitrogen and oxygen atoms in total. The Balaban J connectivity index is 2.13. The van der Waals surface area contributed by atoms with Gasteiger partial charge < -0.3 is 15.3 Å². The van der Waals surface area contributed by atoms with Gasteiger partial charge in [0.25, 0.3) is 0 Å². The van der Waals surface area contributed by atoms with E-state index in [0.717, 1.165) is 19.5 Å². The van der Waals surface area contributed by atoms with E-state index < -0.39 is 4.92 Å². The van der Waals surface area contributed by atoms with Gasteiger partial charge in [0.05, 0.1) is 11.5 Å². The molecule has 2 rings (SSSR count). The second-order valence-electron chi connectivity index (χ2n) is 6.31. The summed E-state index contributed by atoms with van der Waals surface area (Å²) < 4.78 is 0. The molecule has 0 bridgehead atoms. The van der Waals surface area contributed by atoms with Gasteiger partial charge in [-0.3, -0.25) is 15.0 Å². The van der Waals surface area contributed by atoms with E-state index >= 15 is 0 Å². The van der Waals surface area contributed by atoms with Crippen LogP contribution >= 0.6 is 0 Å². The van der Waals surface area contributed by atoms with E-state index in [2.05, 4.69) is 34.0 Å². The van der Waals surface area contributed by atoms with E-state index in [1.807, 2.05) is 4.90 Å². The summed E-state index contributed by atoms with van der Waals surface area (Å²) in [7, 11) is 0. The number of hydrogen-bond donors (Lipinski definition) is 2. The third-order valence-electron chi connectivity index (χ3n) is 4.09. The highest BCUT2D eigenvalue weighted by atomic mass is 16.6. The highest BCUT2D eigenvalue weighted by Crippen LogP contribution is 2.32. The van der Waals surface area contributed by atoms with Gasteiger partial charge in [-0.1, -0.05) is 13.8 Å². The molecular weight excluding hydrogens is 312 g/mol. The number of nitro groups is 1. The van der Waals surface area contributed by atoms with Crippen LogP contribution in [0.1, 0.15) is 20.3 Å². The molecule has 0 unspecified atom stereocenters. The molecule has 0 aliphatic carbocycles. The van der Waals surface area contributed by atoms with E-state index in [-0.39, 0.29) is 18.1 Å². The highest BCUT2D eigenvalue weighted by molar-refractivity contribution is 5.70. The first-order valence-electron chi connectivity index (χ1n) is 8.34. The van der Waals surface area contributed by atoms with Gasteiger partial charge in [0.15, 0.2) is 0 Å². The molecule has 1 aromatic rings. The number of anilines is 2. The number of nitrogens with one attached hydrogen (secondary N) is 1. The van der Waals surface area contributed by atoms with E-state index in [1.54, 1.807) is 0 Å². The number of aliphatic hydroxyl groups is 1. The van der Waals surface area contributed by atoms with Crippen molar-refractivity contribution in [3.63, 3.8) is 0 Å². The Morgan fingerprint density at radius 2 is 2.04 bits per heavy atom. The summed E-state index contributed by atoms with van der Waals surface area (Å²) in [6.07, 6.45) is 2.29. The van der Waals surface area contributed by atoms with Crippen molar-refractivity contribution in [2.24, 2.45) is 5.92 Å². The first-order chi connectivity index (χ1) is 11.5. The van der Waals surface area contributed by atoms with Crippen LogP contribution in [-0.4, -0.2) is 70.8 Å². The van der Waals surface area contributed by atoms with Crippen molar-refractivity contribution in [1.82, 2.24) is 14.9 Å². The molecule has 1 aliphatic rings. The average molecular weight is 338 g/mol. The molecule has 0 saturated carbocycles. The zero-order chi connectivity index (χ0) is 17.5. The fraction of sp³-hybridized carbons (Fsp3) is 0.733. The van der Waals surface area contributed by atoms with Crippen LogP contribution in [0.3, 0.4) is 0 Å². The molecule has 9 heteroatoms. The topological polar surface area (TPSA) is 108 Å². The Morgan fingerprint density at radius 3 is 2.62 bits per heavy atom. The van der Waals surface area contributed by atoms with Crippen LogP contribution in [0.2, 0.25) is 0 Å². The van der Waals surface area contributed by atoms with Crippen LogP contribution in [0.4, 0.5) is 17.3 Å². The molecule has 1 fully saturated rings. The Morgan fingerprint density at radius 1 is 1.33 bits per heavy atom. The van der Waals surface area contributed by atoms with Gasteiger partial charge in [-0.25, -0.2) is 9.97 Å². The number of nitrogens with zero attached hydrogens (tertiary/aromatic N) is 5. The minimum absolute atomic E-state index is 0.0585. The predicted molar refractivity (Wildman–Crippen MR) is 92.4 cm³/mol. The van der Waals surface area contributed by atoms with Crippen molar-refractivity contribution in [3.8, 4) is 0 Å². The van der Waals surface area contributed by atoms with Crippen molar-refractivity contribution in [2.75, 3.05) is 56.1 Å². The van der Waals surface area contributed by atoms with E-state index in [9.17, 15) is 10.1 Å². The summed E-state index contributed by atoms with van der Waals surface area (Å²) >= 11 is 0. The molecule has 0 aromatic carbocycles. The van der Waals surface area contributed by atoms with Crippen LogP contribution < -0.4 is 10.2 Å². The average Bonchev–Trinajstić information content (AvgIpc) is 2.55. The second kappa shape index (κ2) is 8.74. The summed E-state index contributed by atoms with van der Waals surface area (Å²) in [5.74, 6) is 1.16. The second-order valence-corrected chi connectivity index (χ2v) is 6.31. The molecule has 1 aliphatic heterocycles.